The van der Waals surface area contributed by atoms with Gasteiger partial charge in [-0.2, -0.15) is 0 Å². The average Bonchev–Trinajstić information content (AvgIpc) is 2.79. The van der Waals surface area contributed by atoms with Crippen molar-refractivity contribution in [3.8, 4) is 0 Å². The van der Waals surface area contributed by atoms with Gasteiger partial charge in [-0.1, -0.05) is 0 Å². The van der Waals surface area contributed by atoms with Crippen molar-refractivity contribution in [1.82, 2.24) is 0 Å². The second kappa shape index (κ2) is 8.96. The fourth-order valence-electron chi connectivity index (χ4n) is 3.83. The molecule has 0 aromatic heterocycles. The van der Waals surface area contributed by atoms with Gasteiger partial charge in [0.2, 0.25) is 0 Å². The van der Waals surface area contributed by atoms with E-state index in [-0.39, 0.29) is 0 Å². The van der Waals surface area contributed by atoms with Crippen molar-refractivity contribution >= 4 is 37.9 Å². The van der Waals surface area contributed by atoms with Crippen molar-refractivity contribution in [1.29, 1.82) is 0 Å². The van der Waals surface area contributed by atoms with Crippen molar-refractivity contribution in [2.24, 2.45) is 0 Å². The van der Waals surface area contributed by atoms with Gasteiger partial charge in [0.1, 0.15) is 0 Å². The molecule has 1 atom stereocenters. The third-order valence-corrected chi connectivity index (χ3v) is 12.2. The molecule has 3 aromatic rings. The Kier molecular flexibility index (Phi) is 6.16. The molecule has 0 spiro atoms. The Morgan fingerprint density at radius 3 is 1.93 bits per heavy atom. The summed E-state index contributed by atoms with van der Waals surface area (Å²) in [6.45, 7) is 2.44. The molecule has 1 aliphatic rings. The van der Waals surface area contributed by atoms with Gasteiger partial charge in [-0.3, -0.25) is 0 Å². The van der Waals surface area contributed by atoms with Gasteiger partial charge >= 0.3 is 176 Å². The molecule has 0 radical (unpaired) electrons. The van der Waals surface area contributed by atoms with E-state index in [0.29, 0.717) is 21.1 Å². The Hall–Kier alpha value is -2.06. The third-order valence-electron chi connectivity index (χ3n) is 5.49. The predicted octanol–water partition coefficient (Wildman–Crippen LogP) is 3.93. The van der Waals surface area contributed by atoms with Gasteiger partial charge in [0, 0.05) is 0 Å². The first-order chi connectivity index (χ1) is 13.8. The van der Waals surface area contributed by atoms with Crippen LogP contribution in [0.15, 0.2) is 102 Å². The van der Waals surface area contributed by atoms with Crippen LogP contribution in [0.25, 0.3) is 0 Å². The Labute approximate surface area is 175 Å². The van der Waals surface area contributed by atoms with Crippen LogP contribution < -0.4 is 14.8 Å². The summed E-state index contributed by atoms with van der Waals surface area (Å²) in [5.41, 5.74) is 0. The molecule has 142 valence electrons. The van der Waals surface area contributed by atoms with Gasteiger partial charge in [-0.25, -0.2) is 0 Å². The Balaban J connectivity index is 1.59. The van der Waals surface area contributed by atoms with Gasteiger partial charge in [-0.05, 0) is 0 Å². The Morgan fingerprint density at radius 1 is 0.821 bits per heavy atom. The molecular formula is C25H26OSeSi. The number of hydrogen-bond acceptors (Lipinski definition) is 1. The summed E-state index contributed by atoms with van der Waals surface area (Å²) in [5.74, 6) is 0. The van der Waals surface area contributed by atoms with Crippen molar-refractivity contribution in [3.63, 3.8) is 0 Å². The van der Waals surface area contributed by atoms with Crippen LogP contribution in [-0.4, -0.2) is 29.1 Å². The minimum atomic E-state index is -2.11. The SMILES string of the molecule is C[Si](C1=CCCC(C[Se]c2ccccc2)O1)(c1ccccc1)c1ccccc1. The molecule has 0 saturated heterocycles. The summed E-state index contributed by atoms with van der Waals surface area (Å²) < 4.78 is 8.18. The molecule has 1 aliphatic heterocycles. The van der Waals surface area contributed by atoms with Crippen LogP contribution in [-0.2, 0) is 4.74 Å². The maximum absolute atomic E-state index is 6.72. The average molecular weight is 450 g/mol. The summed E-state index contributed by atoms with van der Waals surface area (Å²) in [6, 6.07) is 32.8. The first kappa shape index (κ1) is 19.3. The number of hydrogen-bond donors (Lipinski definition) is 0. The zero-order valence-electron chi connectivity index (χ0n) is 16.3. The first-order valence-electron chi connectivity index (χ1n) is 9.93. The quantitative estimate of drug-likeness (QED) is 0.519. The van der Waals surface area contributed by atoms with E-state index in [9.17, 15) is 0 Å². The second-order valence-corrected chi connectivity index (χ2v) is 13.6. The van der Waals surface area contributed by atoms with Gasteiger partial charge in [-0.15, -0.1) is 0 Å². The topological polar surface area (TPSA) is 9.23 Å². The zero-order valence-corrected chi connectivity index (χ0v) is 19.0. The molecule has 0 amide bonds. The monoisotopic (exact) mass is 450 g/mol. The predicted molar refractivity (Wildman–Crippen MR) is 123 cm³/mol. The van der Waals surface area contributed by atoms with Gasteiger partial charge < -0.3 is 0 Å². The van der Waals surface area contributed by atoms with E-state index in [1.165, 1.54) is 20.2 Å². The molecule has 0 bridgehead atoms. The maximum atomic E-state index is 6.72. The molecule has 0 fully saturated rings. The van der Waals surface area contributed by atoms with Crippen LogP contribution in [0.2, 0.25) is 11.9 Å². The number of ether oxygens (including phenoxy) is 1. The number of allylic oxidation sites excluding steroid dienone is 1. The van der Waals surface area contributed by atoms with Crippen LogP contribution in [0.5, 0.6) is 0 Å². The molecular weight excluding hydrogens is 423 g/mol. The normalized spacial score (nSPS) is 16.9. The first-order valence-corrected chi connectivity index (χ1v) is 14.5. The molecule has 0 N–H and O–H groups in total. The van der Waals surface area contributed by atoms with E-state index < -0.39 is 8.07 Å². The van der Waals surface area contributed by atoms with E-state index in [0.717, 1.165) is 18.2 Å². The molecule has 1 heterocycles. The van der Waals surface area contributed by atoms with Crippen LogP contribution in [0.1, 0.15) is 12.8 Å². The van der Waals surface area contributed by atoms with E-state index in [1.807, 2.05) is 0 Å². The molecule has 28 heavy (non-hydrogen) atoms. The zero-order chi connectivity index (χ0) is 19.2. The summed E-state index contributed by atoms with van der Waals surface area (Å²) in [4.78, 5) is 0. The van der Waals surface area contributed by atoms with Crippen molar-refractivity contribution in [3.05, 3.63) is 102 Å². The Bertz CT molecular complexity index is 870. The Morgan fingerprint density at radius 2 is 1.36 bits per heavy atom. The van der Waals surface area contributed by atoms with E-state index in [2.05, 4.69) is 104 Å². The second-order valence-electron chi connectivity index (χ2n) is 7.37. The van der Waals surface area contributed by atoms with E-state index >= 15 is 0 Å². The van der Waals surface area contributed by atoms with Gasteiger partial charge in [0.15, 0.2) is 0 Å². The molecule has 0 aliphatic carbocycles. The van der Waals surface area contributed by atoms with Gasteiger partial charge in [0.05, 0.1) is 0 Å². The fourth-order valence-corrected chi connectivity index (χ4v) is 9.42. The van der Waals surface area contributed by atoms with E-state index in [4.69, 9.17) is 4.74 Å². The molecule has 3 aromatic carbocycles. The standard InChI is InChI=1S/C25H26OSeSi/c1-28(23-15-7-3-8-16-23,24-17-9-4-10-18-24)25-19-11-12-21(26-25)20-27-22-13-5-2-6-14-22/h2-10,13-19,21H,11-12,20H2,1H3. The summed E-state index contributed by atoms with van der Waals surface area (Å²) in [7, 11) is -2.11. The minimum absolute atomic E-state index is 0.333. The van der Waals surface area contributed by atoms with E-state index in [1.54, 1.807) is 0 Å². The van der Waals surface area contributed by atoms with Crippen molar-refractivity contribution in [2.45, 2.75) is 30.8 Å². The molecule has 4 rings (SSSR count). The van der Waals surface area contributed by atoms with Crippen molar-refractivity contribution in [2.75, 3.05) is 0 Å². The van der Waals surface area contributed by atoms with Crippen LogP contribution in [0, 0.1) is 0 Å². The third kappa shape index (κ3) is 4.17. The van der Waals surface area contributed by atoms with Gasteiger partial charge in [0.25, 0.3) is 0 Å². The molecule has 1 nitrogen and oxygen atoms in total. The summed E-state index contributed by atoms with van der Waals surface area (Å²) in [5, 5.41) is 5.22. The van der Waals surface area contributed by atoms with Crippen LogP contribution in [0.3, 0.4) is 0 Å². The van der Waals surface area contributed by atoms with Crippen LogP contribution >= 0.6 is 0 Å². The number of benzene rings is 3. The summed E-state index contributed by atoms with van der Waals surface area (Å²) >= 11 is 0.464. The fraction of sp³-hybridized carbons (Fsp3) is 0.200. The molecule has 3 heteroatoms. The van der Waals surface area contributed by atoms with Crippen molar-refractivity contribution < 1.29 is 4.74 Å². The number of rotatable bonds is 6. The molecule has 1 unspecified atom stereocenters. The molecule has 0 saturated carbocycles. The van der Waals surface area contributed by atoms with Crippen LogP contribution in [0.4, 0.5) is 0 Å². The summed E-state index contributed by atoms with van der Waals surface area (Å²) in [6.07, 6.45) is 4.96.